The lowest BCUT2D eigenvalue weighted by molar-refractivity contribution is 0.560. The molecule has 0 N–H and O–H groups in total. The molecule has 94 valence electrons. The standard InChI is InChI=1S/C12H17ClFN3/c1-9-11(14)12(16-8-15-9)17-7-3-5-10(17)4-2-6-13/h8,10H,2-7H2,1H3. The summed E-state index contributed by atoms with van der Waals surface area (Å²) in [6.07, 6.45) is 5.60. The summed E-state index contributed by atoms with van der Waals surface area (Å²) in [7, 11) is 0. The maximum absolute atomic E-state index is 14.0. The topological polar surface area (TPSA) is 29.0 Å². The molecule has 1 fully saturated rings. The van der Waals surface area contributed by atoms with E-state index in [1.807, 2.05) is 0 Å². The summed E-state index contributed by atoms with van der Waals surface area (Å²) >= 11 is 5.71. The summed E-state index contributed by atoms with van der Waals surface area (Å²) in [6.45, 7) is 2.55. The van der Waals surface area contributed by atoms with Gasteiger partial charge in [0.15, 0.2) is 11.6 Å². The van der Waals surface area contributed by atoms with Gasteiger partial charge in [-0.05, 0) is 32.6 Å². The second kappa shape index (κ2) is 5.63. The molecular weight excluding hydrogens is 241 g/mol. The highest BCUT2D eigenvalue weighted by molar-refractivity contribution is 6.17. The highest BCUT2D eigenvalue weighted by Gasteiger charge is 2.27. The molecular formula is C12H17ClFN3. The van der Waals surface area contributed by atoms with E-state index in [1.165, 1.54) is 6.33 Å². The Morgan fingerprint density at radius 2 is 2.35 bits per heavy atom. The van der Waals surface area contributed by atoms with Gasteiger partial charge in [-0.2, -0.15) is 0 Å². The Balaban J connectivity index is 2.17. The molecule has 0 radical (unpaired) electrons. The number of aromatic nitrogens is 2. The van der Waals surface area contributed by atoms with Gasteiger partial charge in [0.05, 0.1) is 5.69 Å². The minimum atomic E-state index is -0.287. The number of anilines is 1. The van der Waals surface area contributed by atoms with Crippen LogP contribution in [0.4, 0.5) is 10.2 Å². The monoisotopic (exact) mass is 257 g/mol. The molecule has 1 aliphatic heterocycles. The van der Waals surface area contributed by atoms with E-state index < -0.39 is 0 Å². The first kappa shape index (κ1) is 12.6. The third-order valence-electron chi connectivity index (χ3n) is 3.27. The minimum absolute atomic E-state index is 0.287. The van der Waals surface area contributed by atoms with Gasteiger partial charge in [-0.25, -0.2) is 14.4 Å². The first-order valence-corrected chi connectivity index (χ1v) is 6.57. The van der Waals surface area contributed by atoms with Crippen LogP contribution in [0.2, 0.25) is 0 Å². The molecule has 1 saturated heterocycles. The fourth-order valence-electron chi connectivity index (χ4n) is 2.37. The van der Waals surface area contributed by atoms with E-state index in [4.69, 9.17) is 11.6 Å². The van der Waals surface area contributed by atoms with E-state index in [0.29, 0.717) is 23.4 Å². The predicted molar refractivity (Wildman–Crippen MR) is 67.0 cm³/mol. The molecule has 5 heteroatoms. The summed E-state index contributed by atoms with van der Waals surface area (Å²) in [5.41, 5.74) is 0.415. The van der Waals surface area contributed by atoms with Crippen LogP contribution in [0.3, 0.4) is 0 Å². The van der Waals surface area contributed by atoms with Crippen molar-refractivity contribution in [2.75, 3.05) is 17.3 Å². The lowest BCUT2D eigenvalue weighted by atomic mass is 10.1. The molecule has 0 amide bonds. The smallest absolute Gasteiger partial charge is 0.186 e. The number of hydrogen-bond donors (Lipinski definition) is 0. The normalized spacial score (nSPS) is 19.9. The zero-order valence-electron chi connectivity index (χ0n) is 9.99. The number of halogens is 2. The van der Waals surface area contributed by atoms with Crippen LogP contribution in [0.15, 0.2) is 6.33 Å². The quantitative estimate of drug-likeness (QED) is 0.777. The van der Waals surface area contributed by atoms with E-state index >= 15 is 0 Å². The Morgan fingerprint density at radius 3 is 3.12 bits per heavy atom. The van der Waals surface area contributed by atoms with Crippen LogP contribution in [0, 0.1) is 12.7 Å². The van der Waals surface area contributed by atoms with E-state index in [1.54, 1.807) is 6.92 Å². The first-order chi connectivity index (χ1) is 8.24. The zero-order valence-corrected chi connectivity index (χ0v) is 10.8. The van der Waals surface area contributed by atoms with Crippen molar-refractivity contribution >= 4 is 17.4 Å². The van der Waals surface area contributed by atoms with Crippen LogP contribution in [-0.2, 0) is 0 Å². The lowest BCUT2D eigenvalue weighted by Gasteiger charge is -2.26. The molecule has 1 aromatic heterocycles. The average Bonchev–Trinajstić information content (AvgIpc) is 2.78. The van der Waals surface area contributed by atoms with E-state index in [-0.39, 0.29) is 5.82 Å². The molecule has 0 aliphatic carbocycles. The van der Waals surface area contributed by atoms with Crippen LogP contribution in [0.25, 0.3) is 0 Å². The van der Waals surface area contributed by atoms with Gasteiger partial charge < -0.3 is 4.90 Å². The Labute approximate surface area is 106 Å². The molecule has 0 spiro atoms. The van der Waals surface area contributed by atoms with Gasteiger partial charge in [0.2, 0.25) is 0 Å². The van der Waals surface area contributed by atoms with Gasteiger partial charge in [-0.15, -0.1) is 11.6 Å². The fourth-order valence-corrected chi connectivity index (χ4v) is 2.53. The Kier molecular flexibility index (Phi) is 4.15. The van der Waals surface area contributed by atoms with Crippen molar-refractivity contribution in [2.24, 2.45) is 0 Å². The number of nitrogens with zero attached hydrogens (tertiary/aromatic N) is 3. The largest absolute Gasteiger partial charge is 0.351 e. The van der Waals surface area contributed by atoms with Gasteiger partial charge in [-0.3, -0.25) is 0 Å². The van der Waals surface area contributed by atoms with Gasteiger partial charge in [0, 0.05) is 18.5 Å². The molecule has 17 heavy (non-hydrogen) atoms. The summed E-state index contributed by atoms with van der Waals surface area (Å²) in [5, 5.41) is 0. The summed E-state index contributed by atoms with van der Waals surface area (Å²) in [5.74, 6) is 0.829. The molecule has 1 unspecified atom stereocenters. The maximum Gasteiger partial charge on any atom is 0.186 e. The predicted octanol–water partition coefficient (Wildman–Crippen LogP) is 2.91. The lowest BCUT2D eigenvalue weighted by Crippen LogP contribution is -2.31. The third kappa shape index (κ3) is 2.68. The zero-order chi connectivity index (χ0) is 12.3. The Bertz CT molecular complexity index is 386. The van der Waals surface area contributed by atoms with Crippen molar-refractivity contribution in [2.45, 2.75) is 38.6 Å². The van der Waals surface area contributed by atoms with Crippen LogP contribution in [0.1, 0.15) is 31.4 Å². The third-order valence-corrected chi connectivity index (χ3v) is 3.53. The second-order valence-corrected chi connectivity index (χ2v) is 4.80. The van der Waals surface area contributed by atoms with Crippen molar-refractivity contribution < 1.29 is 4.39 Å². The molecule has 3 nitrogen and oxygen atoms in total. The molecule has 1 aliphatic rings. The second-order valence-electron chi connectivity index (χ2n) is 4.42. The van der Waals surface area contributed by atoms with Crippen molar-refractivity contribution in [1.82, 2.24) is 9.97 Å². The first-order valence-electron chi connectivity index (χ1n) is 6.03. The van der Waals surface area contributed by atoms with Gasteiger partial charge in [-0.1, -0.05) is 0 Å². The van der Waals surface area contributed by atoms with Crippen LogP contribution < -0.4 is 4.90 Å². The minimum Gasteiger partial charge on any atom is -0.351 e. The summed E-state index contributed by atoms with van der Waals surface area (Å²) < 4.78 is 14.0. The average molecular weight is 258 g/mol. The van der Waals surface area contributed by atoms with Gasteiger partial charge in [0.1, 0.15) is 6.33 Å². The van der Waals surface area contributed by atoms with Crippen molar-refractivity contribution in [3.05, 3.63) is 17.8 Å². The molecule has 1 aromatic rings. The van der Waals surface area contributed by atoms with E-state index in [0.717, 1.165) is 32.2 Å². The highest BCUT2D eigenvalue weighted by Crippen LogP contribution is 2.28. The molecule has 0 bridgehead atoms. The highest BCUT2D eigenvalue weighted by atomic mass is 35.5. The summed E-state index contributed by atoms with van der Waals surface area (Å²) in [6, 6.07) is 0.373. The number of rotatable bonds is 4. The van der Waals surface area contributed by atoms with Crippen LogP contribution in [0.5, 0.6) is 0 Å². The van der Waals surface area contributed by atoms with Gasteiger partial charge in [0.25, 0.3) is 0 Å². The maximum atomic E-state index is 14.0. The SMILES string of the molecule is Cc1ncnc(N2CCCC2CCCCl)c1F. The number of hydrogen-bond acceptors (Lipinski definition) is 3. The van der Waals surface area contributed by atoms with E-state index in [2.05, 4.69) is 14.9 Å². The van der Waals surface area contributed by atoms with E-state index in [9.17, 15) is 4.39 Å². The molecule has 2 rings (SSSR count). The molecule has 1 atom stereocenters. The Morgan fingerprint density at radius 1 is 1.53 bits per heavy atom. The van der Waals surface area contributed by atoms with Gasteiger partial charge >= 0.3 is 0 Å². The molecule has 0 aromatic carbocycles. The molecule has 2 heterocycles. The van der Waals surface area contributed by atoms with Crippen LogP contribution in [-0.4, -0.2) is 28.4 Å². The van der Waals surface area contributed by atoms with Crippen LogP contribution >= 0.6 is 11.6 Å². The number of alkyl halides is 1. The van der Waals surface area contributed by atoms with Crippen molar-refractivity contribution in [3.63, 3.8) is 0 Å². The number of aryl methyl sites for hydroxylation is 1. The van der Waals surface area contributed by atoms with Crippen molar-refractivity contribution in [3.8, 4) is 0 Å². The fraction of sp³-hybridized carbons (Fsp3) is 0.667. The van der Waals surface area contributed by atoms with Crippen molar-refractivity contribution in [1.29, 1.82) is 0 Å². The summed E-state index contributed by atoms with van der Waals surface area (Å²) in [4.78, 5) is 10.0. The molecule has 0 saturated carbocycles. The Hall–Kier alpha value is -0.900.